The molecule has 0 N–H and O–H groups in total. The molecule has 9 heteroatoms. The topological polar surface area (TPSA) is 44.1 Å². The van der Waals surface area contributed by atoms with Gasteiger partial charge < -0.3 is 14.2 Å². The Morgan fingerprint density at radius 1 is 0.968 bits per heavy atom. The second-order valence-corrected chi connectivity index (χ2v) is 7.96. The van der Waals surface area contributed by atoms with Crippen molar-refractivity contribution in [2.75, 3.05) is 49.1 Å². The van der Waals surface area contributed by atoms with E-state index in [1.165, 1.54) is 9.96 Å². The second-order valence-electron chi connectivity index (χ2n) is 7.96. The van der Waals surface area contributed by atoms with Gasteiger partial charge in [-0.3, -0.25) is 9.69 Å². The number of fused-ring (bicyclic) bond motifs is 2. The molecule has 6 nitrogen and oxygen atoms in total. The number of hydrogen-bond donors (Lipinski definition) is 0. The van der Waals surface area contributed by atoms with Crippen LogP contribution < -0.4 is 9.80 Å². The number of para-hydroxylation sites is 1. The Bertz CT molecular complexity index is 1120. The molecule has 3 aromatic rings. The fourth-order valence-electron chi connectivity index (χ4n) is 4.34. The highest BCUT2D eigenvalue weighted by Gasteiger charge is 2.34. The van der Waals surface area contributed by atoms with Gasteiger partial charge in [0.25, 0.3) is 0 Å². The molecule has 0 saturated carbocycles. The number of rotatable bonds is 3. The van der Waals surface area contributed by atoms with Crippen molar-refractivity contribution in [3.05, 3.63) is 60.0 Å². The first-order chi connectivity index (χ1) is 14.9. The molecule has 1 aromatic carbocycles. The molecule has 2 aliphatic rings. The summed E-state index contributed by atoms with van der Waals surface area (Å²) in [5, 5.41) is 0. The number of amides is 1. The summed E-state index contributed by atoms with van der Waals surface area (Å²) >= 11 is 0. The van der Waals surface area contributed by atoms with Gasteiger partial charge in [0.1, 0.15) is 5.65 Å². The maximum absolute atomic E-state index is 12.9. The first kappa shape index (κ1) is 19.9. The molecule has 0 radical (unpaired) electrons. The van der Waals surface area contributed by atoms with Crippen LogP contribution in [-0.2, 0) is 17.4 Å². The number of alkyl halides is 3. The smallest absolute Gasteiger partial charge is 0.368 e. The maximum atomic E-state index is 12.9. The van der Waals surface area contributed by atoms with E-state index in [1.54, 1.807) is 18.3 Å². The zero-order valence-corrected chi connectivity index (χ0v) is 16.8. The highest BCUT2D eigenvalue weighted by molar-refractivity contribution is 5.96. The number of carbonyl (C=O) groups excluding carboxylic acids is 1. The Hall–Kier alpha value is -3.07. The van der Waals surface area contributed by atoms with Gasteiger partial charge in [-0.15, -0.1) is 0 Å². The Morgan fingerprint density at radius 3 is 2.52 bits per heavy atom. The number of carbonyl (C=O) groups is 1. The molecular formula is C22H22F3N5O. The van der Waals surface area contributed by atoms with Crippen molar-refractivity contribution in [3.63, 3.8) is 0 Å². The van der Waals surface area contributed by atoms with Crippen molar-refractivity contribution in [1.82, 2.24) is 14.3 Å². The first-order valence-corrected chi connectivity index (χ1v) is 10.3. The molecule has 1 fully saturated rings. The highest BCUT2D eigenvalue weighted by atomic mass is 19.4. The number of hydrogen-bond acceptors (Lipinski definition) is 4. The molecule has 0 unspecified atom stereocenters. The van der Waals surface area contributed by atoms with Crippen molar-refractivity contribution in [3.8, 4) is 0 Å². The van der Waals surface area contributed by atoms with E-state index in [-0.39, 0.29) is 11.6 Å². The lowest BCUT2D eigenvalue weighted by molar-refractivity contribution is -0.140. The third-order valence-corrected chi connectivity index (χ3v) is 6.01. The van der Waals surface area contributed by atoms with Crippen LogP contribution in [0.1, 0.15) is 11.3 Å². The highest BCUT2D eigenvalue weighted by Crippen LogP contribution is 2.30. The summed E-state index contributed by atoms with van der Waals surface area (Å²) in [4.78, 5) is 22.6. The van der Waals surface area contributed by atoms with E-state index in [2.05, 4.69) is 20.9 Å². The van der Waals surface area contributed by atoms with Crippen LogP contribution in [0.5, 0.6) is 0 Å². The monoisotopic (exact) mass is 429 g/mol. The number of benzene rings is 1. The Balaban J connectivity index is 1.21. The van der Waals surface area contributed by atoms with Crippen molar-refractivity contribution in [2.24, 2.45) is 0 Å². The summed E-state index contributed by atoms with van der Waals surface area (Å²) in [6.45, 7) is 3.95. The maximum Gasteiger partial charge on any atom is 0.434 e. The van der Waals surface area contributed by atoms with Gasteiger partial charge in [0, 0.05) is 50.8 Å². The summed E-state index contributed by atoms with van der Waals surface area (Å²) < 4.78 is 40.1. The lowest BCUT2D eigenvalue weighted by Crippen LogP contribution is -2.50. The van der Waals surface area contributed by atoms with E-state index in [4.69, 9.17) is 0 Å². The summed E-state index contributed by atoms with van der Waals surface area (Å²) in [6.07, 6.45) is -0.871. The Kier molecular flexibility index (Phi) is 4.85. The van der Waals surface area contributed by atoms with Crippen LogP contribution in [0.4, 0.5) is 24.5 Å². The van der Waals surface area contributed by atoms with Crippen LogP contribution >= 0.6 is 0 Å². The van der Waals surface area contributed by atoms with E-state index in [9.17, 15) is 18.0 Å². The zero-order valence-electron chi connectivity index (χ0n) is 16.8. The van der Waals surface area contributed by atoms with Crippen LogP contribution in [0.25, 0.3) is 5.65 Å². The van der Waals surface area contributed by atoms with Gasteiger partial charge in [0.2, 0.25) is 5.91 Å². The molecule has 1 amide bonds. The van der Waals surface area contributed by atoms with Crippen LogP contribution in [-0.4, -0.2) is 59.5 Å². The second kappa shape index (κ2) is 7.56. The molecule has 31 heavy (non-hydrogen) atoms. The largest absolute Gasteiger partial charge is 0.434 e. The molecule has 2 aromatic heterocycles. The molecule has 1 saturated heterocycles. The Morgan fingerprint density at radius 2 is 1.74 bits per heavy atom. The summed E-state index contributed by atoms with van der Waals surface area (Å²) in [7, 11) is 0. The molecule has 2 aliphatic heterocycles. The third kappa shape index (κ3) is 3.85. The number of halogens is 3. The number of aromatic nitrogens is 2. The lowest BCUT2D eigenvalue weighted by Gasteiger charge is -2.36. The normalized spacial score (nSPS) is 17.4. The lowest BCUT2D eigenvalue weighted by atomic mass is 10.2. The summed E-state index contributed by atoms with van der Waals surface area (Å²) in [5.41, 5.74) is 2.45. The van der Waals surface area contributed by atoms with Gasteiger partial charge in [-0.2, -0.15) is 13.2 Å². The molecule has 0 aliphatic carbocycles. The van der Waals surface area contributed by atoms with Crippen molar-refractivity contribution >= 4 is 22.9 Å². The van der Waals surface area contributed by atoms with E-state index < -0.39 is 11.9 Å². The van der Waals surface area contributed by atoms with E-state index in [0.29, 0.717) is 19.6 Å². The number of imidazole rings is 1. The summed E-state index contributed by atoms with van der Waals surface area (Å²) in [6, 6.07) is 11.4. The Labute approximate surface area is 177 Å². The van der Waals surface area contributed by atoms with Crippen LogP contribution in [0, 0.1) is 0 Å². The minimum atomic E-state index is -4.46. The minimum Gasteiger partial charge on any atom is -0.368 e. The molecule has 5 rings (SSSR count). The minimum absolute atomic E-state index is 0.109. The molecule has 0 spiro atoms. The number of nitrogens with zero attached hydrogens (tertiary/aromatic N) is 5. The van der Waals surface area contributed by atoms with Gasteiger partial charge in [-0.05, 0) is 30.2 Å². The molecular weight excluding hydrogens is 407 g/mol. The van der Waals surface area contributed by atoms with Crippen molar-refractivity contribution < 1.29 is 18.0 Å². The predicted molar refractivity (Wildman–Crippen MR) is 111 cm³/mol. The number of anilines is 2. The van der Waals surface area contributed by atoms with Crippen LogP contribution in [0.3, 0.4) is 0 Å². The van der Waals surface area contributed by atoms with Gasteiger partial charge in [0.05, 0.1) is 12.2 Å². The fraction of sp³-hybridized carbons (Fsp3) is 0.364. The molecule has 162 valence electrons. The summed E-state index contributed by atoms with van der Waals surface area (Å²) in [5.74, 6) is 0.109. The molecule has 0 atom stereocenters. The van der Waals surface area contributed by atoms with Crippen molar-refractivity contribution in [1.29, 1.82) is 0 Å². The van der Waals surface area contributed by atoms with Crippen molar-refractivity contribution in [2.45, 2.75) is 12.6 Å². The quantitative estimate of drug-likeness (QED) is 0.642. The van der Waals surface area contributed by atoms with Gasteiger partial charge >= 0.3 is 6.18 Å². The number of piperazine rings is 1. The van der Waals surface area contributed by atoms with E-state index in [0.717, 1.165) is 43.6 Å². The van der Waals surface area contributed by atoms with E-state index >= 15 is 0 Å². The molecule has 4 heterocycles. The average molecular weight is 429 g/mol. The SMILES string of the molecule is O=C(CN1CCN(c2ccc3nc(C(F)(F)F)cn3c2)CC1)N1CCc2ccccc21. The average Bonchev–Trinajstić information content (AvgIpc) is 3.38. The van der Waals surface area contributed by atoms with Crippen LogP contribution in [0.15, 0.2) is 48.8 Å². The van der Waals surface area contributed by atoms with Gasteiger partial charge in [-0.1, -0.05) is 18.2 Å². The molecule has 0 bridgehead atoms. The first-order valence-electron chi connectivity index (χ1n) is 10.3. The van der Waals surface area contributed by atoms with Crippen LogP contribution in [0.2, 0.25) is 0 Å². The van der Waals surface area contributed by atoms with E-state index in [1.807, 2.05) is 23.1 Å². The van der Waals surface area contributed by atoms with Gasteiger partial charge in [0.15, 0.2) is 5.69 Å². The third-order valence-electron chi connectivity index (χ3n) is 6.01. The standard InChI is InChI=1S/C22H22F3N5O/c23-22(24,25)19-14-29-13-17(5-6-20(29)26-19)28-11-9-27(10-12-28)15-21(31)30-8-7-16-3-1-2-4-18(16)30/h1-6,13-14H,7-12,15H2. The fourth-order valence-corrected chi connectivity index (χ4v) is 4.34. The number of pyridine rings is 1. The predicted octanol–water partition coefficient (Wildman–Crippen LogP) is 3.06. The zero-order chi connectivity index (χ0) is 21.6. The van der Waals surface area contributed by atoms with Gasteiger partial charge in [-0.25, -0.2) is 4.98 Å².